The number of hydrogen-bond donors (Lipinski definition) is 2. The Balaban J connectivity index is 1.34. The second-order valence-corrected chi connectivity index (χ2v) is 9.82. The van der Waals surface area contributed by atoms with E-state index in [1.165, 1.54) is 5.56 Å². The fraction of sp³-hybridized carbons (Fsp3) is 0.310. The molecule has 0 spiro atoms. The zero-order chi connectivity index (χ0) is 24.6. The van der Waals surface area contributed by atoms with E-state index < -0.39 is 6.04 Å². The third-order valence-electron chi connectivity index (χ3n) is 7.51. The van der Waals surface area contributed by atoms with E-state index in [-0.39, 0.29) is 11.3 Å². The summed E-state index contributed by atoms with van der Waals surface area (Å²) in [7, 11) is 0. The van der Waals surface area contributed by atoms with Crippen LogP contribution in [0, 0.1) is 6.92 Å². The van der Waals surface area contributed by atoms with Gasteiger partial charge in [-0.15, -0.1) is 0 Å². The second kappa shape index (κ2) is 9.32. The molecule has 0 amide bonds. The van der Waals surface area contributed by atoms with Crippen LogP contribution in [0.4, 0.5) is 11.6 Å². The van der Waals surface area contributed by atoms with Crippen LogP contribution in [0.15, 0.2) is 65.6 Å². The average Bonchev–Trinajstić information content (AvgIpc) is 2.92. The maximum absolute atomic E-state index is 13.4. The molecule has 0 radical (unpaired) electrons. The predicted molar refractivity (Wildman–Crippen MR) is 141 cm³/mol. The maximum Gasteiger partial charge on any atom is 0.255 e. The van der Waals surface area contributed by atoms with Crippen LogP contribution >= 0.6 is 0 Å². The summed E-state index contributed by atoms with van der Waals surface area (Å²) < 4.78 is 1.58. The summed E-state index contributed by atoms with van der Waals surface area (Å²) in [5, 5.41) is 7.44. The van der Waals surface area contributed by atoms with Gasteiger partial charge in [-0.05, 0) is 80.9 Å². The van der Waals surface area contributed by atoms with Crippen molar-refractivity contribution in [3.05, 3.63) is 93.4 Å². The van der Waals surface area contributed by atoms with Gasteiger partial charge in [-0.2, -0.15) is 4.98 Å². The Hall–Kier alpha value is -3.84. The quantitative estimate of drug-likeness (QED) is 0.442. The molecule has 2 aliphatic rings. The van der Waals surface area contributed by atoms with Gasteiger partial charge in [0.1, 0.15) is 11.7 Å². The van der Waals surface area contributed by atoms with Crippen LogP contribution in [0.25, 0.3) is 11.0 Å². The highest BCUT2D eigenvalue weighted by Crippen LogP contribution is 2.31. The first kappa shape index (κ1) is 22.6. The van der Waals surface area contributed by atoms with Gasteiger partial charge in [0.2, 0.25) is 5.95 Å². The molecule has 0 bridgehead atoms. The number of anilines is 2. The number of rotatable bonds is 4. The third-order valence-corrected chi connectivity index (χ3v) is 7.51. The Morgan fingerprint density at radius 1 is 1.00 bits per heavy atom. The zero-order valence-corrected chi connectivity index (χ0v) is 20.3. The molecule has 7 nitrogen and oxygen atoms in total. The summed E-state index contributed by atoms with van der Waals surface area (Å²) in [6, 6.07) is 17.3. The fourth-order valence-electron chi connectivity index (χ4n) is 5.56. The molecule has 4 aromatic rings. The number of carbonyl (C=O) groups is 1. The van der Waals surface area contributed by atoms with Crippen molar-refractivity contribution in [3.8, 4) is 0 Å². The molecule has 2 aromatic heterocycles. The minimum Gasteiger partial charge on any atom is -0.324 e. The van der Waals surface area contributed by atoms with Crippen molar-refractivity contribution in [2.24, 2.45) is 0 Å². The van der Waals surface area contributed by atoms with Crippen LogP contribution in [0.3, 0.4) is 0 Å². The molecule has 1 aliphatic heterocycles. The van der Waals surface area contributed by atoms with E-state index in [0.717, 1.165) is 49.0 Å². The Morgan fingerprint density at radius 3 is 2.58 bits per heavy atom. The number of fused-ring (bicyclic) bond motifs is 2. The normalized spacial score (nSPS) is 18.2. The van der Waals surface area contributed by atoms with Crippen molar-refractivity contribution >= 4 is 28.5 Å². The van der Waals surface area contributed by atoms with Gasteiger partial charge in [-0.1, -0.05) is 36.4 Å². The van der Waals surface area contributed by atoms with Crippen molar-refractivity contribution in [2.45, 2.75) is 44.6 Å². The van der Waals surface area contributed by atoms with Gasteiger partial charge < -0.3 is 10.6 Å². The lowest BCUT2D eigenvalue weighted by Gasteiger charge is -2.26. The summed E-state index contributed by atoms with van der Waals surface area (Å²) in [6.07, 6.45) is 5.34. The Bertz CT molecular complexity index is 1500. The van der Waals surface area contributed by atoms with Gasteiger partial charge in [0.15, 0.2) is 5.78 Å². The summed E-state index contributed by atoms with van der Waals surface area (Å²) in [4.78, 5) is 36.0. The van der Waals surface area contributed by atoms with Crippen molar-refractivity contribution in [2.75, 3.05) is 18.4 Å². The molecule has 3 heterocycles. The molecule has 1 saturated heterocycles. The summed E-state index contributed by atoms with van der Waals surface area (Å²) in [5.41, 5.74) is 4.83. The Kier molecular flexibility index (Phi) is 5.85. The lowest BCUT2D eigenvalue weighted by Crippen LogP contribution is -2.34. The van der Waals surface area contributed by atoms with E-state index in [9.17, 15) is 9.59 Å². The summed E-state index contributed by atoms with van der Waals surface area (Å²) in [5.74, 6) is 0.957. The molecular weight excluding hydrogens is 450 g/mol. The lowest BCUT2D eigenvalue weighted by atomic mass is 9.87. The van der Waals surface area contributed by atoms with Gasteiger partial charge >= 0.3 is 0 Å². The molecule has 0 saturated carbocycles. The molecule has 6 rings (SSSR count). The van der Waals surface area contributed by atoms with Gasteiger partial charge in [0, 0.05) is 28.4 Å². The molecule has 182 valence electrons. The number of nitrogens with one attached hydrogen (secondary N) is 2. The van der Waals surface area contributed by atoms with Crippen molar-refractivity contribution in [3.63, 3.8) is 0 Å². The van der Waals surface area contributed by atoms with E-state index in [2.05, 4.69) is 39.9 Å². The topological polar surface area (TPSA) is 88.9 Å². The van der Waals surface area contributed by atoms with Crippen LogP contribution in [0.5, 0.6) is 0 Å². The minimum absolute atomic E-state index is 0.0347. The third kappa shape index (κ3) is 4.09. The van der Waals surface area contributed by atoms with E-state index in [0.29, 0.717) is 35.1 Å². The Labute approximate surface area is 209 Å². The van der Waals surface area contributed by atoms with Gasteiger partial charge in [-0.25, -0.2) is 4.98 Å². The fourth-order valence-corrected chi connectivity index (χ4v) is 5.56. The van der Waals surface area contributed by atoms with Gasteiger partial charge in [0.05, 0.1) is 0 Å². The lowest BCUT2D eigenvalue weighted by molar-refractivity contribution is 0.0908. The van der Waals surface area contributed by atoms with Crippen LogP contribution in [-0.2, 0) is 6.42 Å². The molecule has 36 heavy (non-hydrogen) atoms. The summed E-state index contributed by atoms with van der Waals surface area (Å²) in [6.45, 7) is 3.90. The van der Waals surface area contributed by atoms with Gasteiger partial charge in [-0.3, -0.25) is 14.2 Å². The highest BCUT2D eigenvalue weighted by atomic mass is 16.1. The van der Waals surface area contributed by atoms with Crippen molar-refractivity contribution < 1.29 is 4.79 Å². The molecule has 1 aliphatic carbocycles. The highest BCUT2D eigenvalue weighted by Gasteiger charge is 2.31. The SMILES string of the molecule is Cc1cc2cnc(Nc3ccc(C4CCNCC4)cc3)nc2n(C2CCc3ccccc3C2=O)c1=O. The molecule has 1 atom stereocenters. The number of benzene rings is 2. The molecular formula is C29H29N5O2. The largest absolute Gasteiger partial charge is 0.324 e. The van der Waals surface area contributed by atoms with Crippen LogP contribution in [-0.4, -0.2) is 33.4 Å². The van der Waals surface area contributed by atoms with E-state index in [4.69, 9.17) is 4.98 Å². The smallest absolute Gasteiger partial charge is 0.255 e. The number of ketones is 1. The molecule has 2 N–H and O–H groups in total. The standard InChI is InChI=1S/C29H29N5O2/c1-18-16-22-17-31-29(32-23-9-6-19(7-10-23)20-12-14-30-15-13-20)33-27(22)34(28(18)36)25-11-8-21-4-2-3-5-24(21)26(25)35/h2-7,9-10,16-17,20,25,30H,8,11-15H2,1H3,(H,31,32,33). The molecule has 2 aromatic carbocycles. The van der Waals surface area contributed by atoms with Crippen LogP contribution in [0.2, 0.25) is 0 Å². The number of carbonyl (C=O) groups excluding carboxylic acids is 1. The number of aryl methyl sites for hydroxylation is 2. The number of Topliss-reactive ketones (excluding diaryl/α,β-unsaturated/α-hetero) is 1. The molecule has 1 unspecified atom stereocenters. The average molecular weight is 480 g/mol. The molecule has 7 heteroatoms. The first-order valence-corrected chi connectivity index (χ1v) is 12.7. The Morgan fingerprint density at radius 2 is 1.78 bits per heavy atom. The van der Waals surface area contributed by atoms with E-state index in [1.807, 2.05) is 24.3 Å². The zero-order valence-electron chi connectivity index (χ0n) is 20.3. The minimum atomic E-state index is -0.582. The van der Waals surface area contributed by atoms with E-state index >= 15 is 0 Å². The number of pyridine rings is 1. The van der Waals surface area contributed by atoms with Crippen molar-refractivity contribution in [1.29, 1.82) is 0 Å². The van der Waals surface area contributed by atoms with Crippen molar-refractivity contribution in [1.82, 2.24) is 19.9 Å². The number of piperidine rings is 1. The predicted octanol–water partition coefficient (Wildman–Crippen LogP) is 4.68. The summed E-state index contributed by atoms with van der Waals surface area (Å²) >= 11 is 0. The monoisotopic (exact) mass is 479 g/mol. The van der Waals surface area contributed by atoms with Crippen LogP contribution in [0.1, 0.15) is 58.3 Å². The number of aromatic nitrogens is 3. The first-order chi connectivity index (χ1) is 17.6. The van der Waals surface area contributed by atoms with Crippen LogP contribution < -0.4 is 16.2 Å². The maximum atomic E-state index is 13.4. The number of hydrogen-bond acceptors (Lipinski definition) is 6. The second-order valence-electron chi connectivity index (χ2n) is 9.82. The van der Waals surface area contributed by atoms with E-state index in [1.54, 1.807) is 23.8 Å². The highest BCUT2D eigenvalue weighted by molar-refractivity contribution is 6.02. The van der Waals surface area contributed by atoms with Gasteiger partial charge in [0.25, 0.3) is 5.56 Å². The molecule has 1 fully saturated rings. The first-order valence-electron chi connectivity index (χ1n) is 12.7. The number of nitrogens with zero attached hydrogens (tertiary/aromatic N) is 3.